The van der Waals surface area contributed by atoms with Crippen LogP contribution >= 0.6 is 0 Å². The van der Waals surface area contributed by atoms with Crippen molar-refractivity contribution in [1.29, 1.82) is 0 Å². The topological polar surface area (TPSA) is 71.1 Å². The van der Waals surface area contributed by atoms with Gasteiger partial charge >= 0.3 is 0 Å². The number of carbonyl (C=O) groups excluding carboxylic acids is 2. The molecule has 1 aliphatic heterocycles. The van der Waals surface area contributed by atoms with Crippen LogP contribution in [0.3, 0.4) is 0 Å². The Bertz CT molecular complexity index is 2730. The Morgan fingerprint density at radius 3 is 1.75 bits per heavy atom. The molecule has 2 unspecified atom stereocenters. The van der Waals surface area contributed by atoms with Crippen molar-refractivity contribution in [3.8, 4) is 44.9 Å². The molecule has 0 fully saturated rings. The zero-order chi connectivity index (χ0) is 46.2. The van der Waals surface area contributed by atoms with Crippen molar-refractivity contribution in [3.63, 3.8) is 0 Å². The molecule has 0 aromatic heterocycles. The number of rotatable bonds is 18. The van der Waals surface area contributed by atoms with Gasteiger partial charge in [0.15, 0.2) is 11.6 Å². The van der Waals surface area contributed by atoms with E-state index in [9.17, 15) is 9.59 Å². The third kappa shape index (κ3) is 8.19. The van der Waals surface area contributed by atoms with E-state index >= 15 is 0 Å². The predicted molar refractivity (Wildman–Crippen MR) is 262 cm³/mol. The van der Waals surface area contributed by atoms with E-state index in [0.717, 1.165) is 50.4 Å². The van der Waals surface area contributed by atoms with Gasteiger partial charge < -0.3 is 18.9 Å². The van der Waals surface area contributed by atoms with Crippen molar-refractivity contribution in [1.82, 2.24) is 0 Å². The van der Waals surface area contributed by atoms with Crippen LogP contribution in [0.15, 0.2) is 165 Å². The highest BCUT2D eigenvalue weighted by atomic mass is 16.5. The molecule has 65 heavy (non-hydrogen) atoms. The second-order valence-corrected chi connectivity index (χ2v) is 18.8. The Labute approximate surface area is 384 Å². The summed E-state index contributed by atoms with van der Waals surface area (Å²) in [6.45, 7) is 21.6. The first-order valence-electron chi connectivity index (χ1n) is 22.7. The average molecular weight is 865 g/mol. The largest absolute Gasteiger partial charge is 0.487 e. The van der Waals surface area contributed by atoms with Crippen LogP contribution in [0.4, 0.5) is 0 Å². The molecule has 6 aromatic rings. The smallest absolute Gasteiger partial charge is 0.186 e. The molecule has 6 aromatic carbocycles. The quantitative estimate of drug-likeness (QED) is 0.0800. The molecule has 6 nitrogen and oxygen atoms in total. The number of ketones is 2. The zero-order valence-corrected chi connectivity index (χ0v) is 38.8. The molecule has 8 rings (SSSR count). The zero-order valence-electron chi connectivity index (χ0n) is 38.8. The number of benzene rings is 6. The van der Waals surface area contributed by atoms with Gasteiger partial charge in [0.1, 0.15) is 33.9 Å². The van der Waals surface area contributed by atoms with E-state index in [1.807, 2.05) is 19.9 Å². The van der Waals surface area contributed by atoms with Gasteiger partial charge in [0, 0.05) is 29.5 Å². The summed E-state index contributed by atoms with van der Waals surface area (Å²) in [5.41, 5.74) is 8.22. The van der Waals surface area contributed by atoms with E-state index in [1.165, 1.54) is 34.4 Å². The lowest BCUT2D eigenvalue weighted by atomic mass is 9.66. The summed E-state index contributed by atoms with van der Waals surface area (Å²) in [7, 11) is 0. The summed E-state index contributed by atoms with van der Waals surface area (Å²) >= 11 is 0. The average Bonchev–Trinajstić information content (AvgIpc) is 3.62. The second-order valence-electron chi connectivity index (χ2n) is 18.8. The van der Waals surface area contributed by atoms with Crippen molar-refractivity contribution >= 4 is 11.6 Å². The first-order chi connectivity index (χ1) is 31.1. The molecule has 0 radical (unpaired) electrons. The third-order valence-corrected chi connectivity index (χ3v) is 13.7. The molecular formula is C59H60O6. The van der Waals surface area contributed by atoms with Crippen LogP contribution in [0.2, 0.25) is 0 Å². The lowest BCUT2D eigenvalue weighted by Crippen LogP contribution is -2.39. The molecule has 2 aliphatic rings. The normalized spacial score (nSPS) is 16.7. The molecule has 2 atom stereocenters. The Hall–Kier alpha value is -6.34. The predicted octanol–water partition coefficient (Wildman–Crippen LogP) is 13.4. The van der Waals surface area contributed by atoms with Crippen molar-refractivity contribution in [2.24, 2.45) is 0 Å². The SMILES string of the molecule is C=CC(=O)C(C)(C)OCCC1(C)Oc2ccc(C3(c4ccc(OC(C)(C)CCOC(C)(CC)C(=O)C=C)c(-c5ccccc5)c4)c4ccccc4-c4ccccc43)cc2-c2ccccc21. The molecule has 0 saturated carbocycles. The Morgan fingerprint density at radius 2 is 1.15 bits per heavy atom. The highest BCUT2D eigenvalue weighted by molar-refractivity contribution is 5.96. The highest BCUT2D eigenvalue weighted by Gasteiger charge is 2.47. The Morgan fingerprint density at radius 1 is 0.615 bits per heavy atom. The summed E-state index contributed by atoms with van der Waals surface area (Å²) < 4.78 is 26.4. The summed E-state index contributed by atoms with van der Waals surface area (Å²) in [4.78, 5) is 25.2. The summed E-state index contributed by atoms with van der Waals surface area (Å²) in [6.07, 6.45) is 4.31. The Balaban J connectivity index is 1.25. The van der Waals surface area contributed by atoms with E-state index < -0.39 is 27.8 Å². The van der Waals surface area contributed by atoms with Crippen molar-refractivity contribution in [2.45, 2.75) is 95.5 Å². The molecule has 1 heterocycles. The van der Waals surface area contributed by atoms with Gasteiger partial charge in [-0.3, -0.25) is 9.59 Å². The minimum Gasteiger partial charge on any atom is -0.487 e. The van der Waals surface area contributed by atoms with Crippen molar-refractivity contribution in [3.05, 3.63) is 193 Å². The fraction of sp³-hybridized carbons (Fsp3) is 0.288. The molecular weight excluding hydrogens is 805 g/mol. The molecule has 332 valence electrons. The van der Waals surface area contributed by atoms with Crippen LogP contribution in [0.25, 0.3) is 33.4 Å². The van der Waals surface area contributed by atoms with Crippen LogP contribution < -0.4 is 9.47 Å². The van der Waals surface area contributed by atoms with Gasteiger partial charge in [-0.05, 0) is 129 Å². The number of ether oxygens (including phenoxy) is 4. The van der Waals surface area contributed by atoms with Crippen molar-refractivity contribution < 1.29 is 28.5 Å². The van der Waals surface area contributed by atoms with Gasteiger partial charge in [0.2, 0.25) is 0 Å². The van der Waals surface area contributed by atoms with Gasteiger partial charge in [0.25, 0.3) is 0 Å². The Kier molecular flexibility index (Phi) is 12.2. The molecule has 0 bridgehead atoms. The monoisotopic (exact) mass is 864 g/mol. The van der Waals surface area contributed by atoms with Gasteiger partial charge in [-0.25, -0.2) is 0 Å². The summed E-state index contributed by atoms with van der Waals surface area (Å²) in [6, 6.07) is 49.7. The number of carbonyl (C=O) groups is 2. The maximum Gasteiger partial charge on any atom is 0.186 e. The van der Waals surface area contributed by atoms with Gasteiger partial charge in [0.05, 0.1) is 18.6 Å². The van der Waals surface area contributed by atoms with E-state index in [2.05, 4.69) is 167 Å². The summed E-state index contributed by atoms with van der Waals surface area (Å²) in [5, 5.41) is 0. The maximum atomic E-state index is 12.7. The van der Waals surface area contributed by atoms with Crippen LogP contribution in [-0.2, 0) is 30.1 Å². The molecule has 0 amide bonds. The number of hydrogen-bond donors (Lipinski definition) is 0. The molecule has 0 N–H and O–H groups in total. The van der Waals surface area contributed by atoms with Gasteiger partial charge in [-0.1, -0.05) is 135 Å². The van der Waals surface area contributed by atoms with Crippen LogP contribution in [0, 0.1) is 0 Å². The first kappa shape index (κ1) is 45.2. The standard InChI is InChI=1S/C59H60O6/c1-10-53(60)56(6,7)62-37-35-58(9)48-27-19-16-26-45(48)47-39-42(31-33-52(47)65-58)59(49-28-20-17-24-43(49)44-25-18-21-29-50(44)59)41-30-32-51(46(38-41)40-22-14-13-15-23-40)64-55(4,5)34-36-63-57(8,12-3)54(61)11-2/h10-11,13-33,38-39H,1-2,12,34-37H2,3-9H3. The van der Waals surface area contributed by atoms with E-state index in [1.54, 1.807) is 13.8 Å². The fourth-order valence-electron chi connectivity index (χ4n) is 9.70. The first-order valence-corrected chi connectivity index (χ1v) is 22.7. The second kappa shape index (κ2) is 17.6. The van der Waals surface area contributed by atoms with Crippen LogP contribution in [0.5, 0.6) is 11.5 Å². The minimum absolute atomic E-state index is 0.122. The summed E-state index contributed by atoms with van der Waals surface area (Å²) in [5.74, 6) is 1.27. The lowest BCUT2D eigenvalue weighted by Gasteiger charge is -2.40. The van der Waals surface area contributed by atoms with E-state index in [0.29, 0.717) is 32.5 Å². The molecule has 6 heteroatoms. The third-order valence-electron chi connectivity index (χ3n) is 13.7. The van der Waals surface area contributed by atoms with Gasteiger partial charge in [-0.2, -0.15) is 0 Å². The van der Waals surface area contributed by atoms with Crippen LogP contribution in [-0.4, -0.2) is 41.6 Å². The van der Waals surface area contributed by atoms with E-state index in [-0.39, 0.29) is 11.6 Å². The molecule has 0 spiro atoms. The highest BCUT2D eigenvalue weighted by Crippen LogP contribution is 2.58. The van der Waals surface area contributed by atoms with Gasteiger partial charge in [-0.15, -0.1) is 0 Å². The fourth-order valence-corrected chi connectivity index (χ4v) is 9.70. The van der Waals surface area contributed by atoms with E-state index in [4.69, 9.17) is 18.9 Å². The van der Waals surface area contributed by atoms with Crippen LogP contribution in [0.1, 0.15) is 95.5 Å². The maximum absolute atomic E-state index is 12.7. The number of hydrogen-bond acceptors (Lipinski definition) is 6. The number of fused-ring (bicyclic) bond motifs is 6. The lowest BCUT2D eigenvalue weighted by molar-refractivity contribution is -0.139. The minimum atomic E-state index is -0.984. The molecule has 0 saturated heterocycles. The van der Waals surface area contributed by atoms with Crippen molar-refractivity contribution in [2.75, 3.05) is 13.2 Å². The molecule has 1 aliphatic carbocycles.